The lowest BCUT2D eigenvalue weighted by Gasteiger charge is -2.39. The Morgan fingerprint density at radius 2 is 2.29 bits per heavy atom. The van der Waals surface area contributed by atoms with E-state index in [1.54, 1.807) is 5.48 Å². The number of carbonyl (C=O) groups excluding carboxylic acids is 1. The number of nitrogens with one attached hydrogen (secondary N) is 1. The number of nitrogens with zero attached hydrogens (tertiary/aromatic N) is 1. The van der Waals surface area contributed by atoms with Gasteiger partial charge in [0, 0.05) is 16.7 Å². The summed E-state index contributed by atoms with van der Waals surface area (Å²) in [5.41, 5.74) is 0.120. The molecule has 0 aromatic carbocycles. The normalized spacial score (nSPS) is 53.4. The summed E-state index contributed by atoms with van der Waals surface area (Å²) >= 11 is 0. The Bertz CT molecular complexity index is 437. The predicted octanol–water partition coefficient (Wildman–Crippen LogP) is 0.527. The number of ether oxygens (including phenoxy) is 1. The molecule has 0 spiro atoms. The Labute approximate surface area is 98.6 Å². The molecule has 1 saturated heterocycles. The largest absolute Gasteiger partial charge is 0.411 e. The van der Waals surface area contributed by atoms with Crippen molar-refractivity contribution in [2.45, 2.75) is 32.3 Å². The Kier molecular flexibility index (Phi) is 1.82. The molecule has 17 heavy (non-hydrogen) atoms. The fourth-order valence-electron chi connectivity index (χ4n) is 4.37. The van der Waals surface area contributed by atoms with E-state index in [9.17, 15) is 10.0 Å². The van der Waals surface area contributed by atoms with Gasteiger partial charge >= 0.3 is 0 Å². The first-order valence-electron chi connectivity index (χ1n) is 5.79. The molecular formula is C11H16N2O4. The number of hydrogen-bond donors (Lipinski definition) is 3. The Morgan fingerprint density at radius 1 is 1.59 bits per heavy atom. The van der Waals surface area contributed by atoms with Crippen LogP contribution < -0.4 is 5.48 Å². The molecule has 0 radical (unpaired) electrons. The predicted molar refractivity (Wildman–Crippen MR) is 56.8 cm³/mol. The van der Waals surface area contributed by atoms with Crippen LogP contribution in [0.1, 0.15) is 26.7 Å². The minimum atomic E-state index is -1.30. The van der Waals surface area contributed by atoms with Crippen molar-refractivity contribution in [3.8, 4) is 0 Å². The maximum Gasteiger partial charge on any atom is 0.282 e. The molecule has 3 rings (SSSR count). The summed E-state index contributed by atoms with van der Waals surface area (Å²) in [5, 5.41) is 21.4. The lowest BCUT2D eigenvalue weighted by atomic mass is 9.66. The lowest BCUT2D eigenvalue weighted by molar-refractivity contribution is -0.150. The van der Waals surface area contributed by atoms with Crippen LogP contribution in [0.15, 0.2) is 5.16 Å². The molecule has 2 aliphatic carbocycles. The highest BCUT2D eigenvalue weighted by molar-refractivity contribution is 6.17. The number of hydrogen-bond acceptors (Lipinski definition) is 5. The number of carbonyl (C=O) groups is 1. The second kappa shape index (κ2) is 2.81. The third kappa shape index (κ3) is 0.788. The van der Waals surface area contributed by atoms with E-state index in [1.165, 1.54) is 0 Å². The molecule has 3 aliphatic rings. The van der Waals surface area contributed by atoms with Crippen LogP contribution in [0.2, 0.25) is 0 Å². The van der Waals surface area contributed by atoms with Crippen LogP contribution in [0.25, 0.3) is 0 Å². The van der Waals surface area contributed by atoms with Gasteiger partial charge in [0.2, 0.25) is 0 Å². The SMILES string of the molecule is CC12COC3(C(=O)NO)/C(=N\O)C1CCC32C. The molecule has 0 aromatic heterocycles. The van der Waals surface area contributed by atoms with Gasteiger partial charge in [0.25, 0.3) is 5.91 Å². The van der Waals surface area contributed by atoms with E-state index < -0.39 is 16.9 Å². The van der Waals surface area contributed by atoms with Gasteiger partial charge in [0.15, 0.2) is 5.60 Å². The Balaban J connectivity index is 2.25. The van der Waals surface area contributed by atoms with Gasteiger partial charge in [-0.2, -0.15) is 0 Å². The van der Waals surface area contributed by atoms with Gasteiger partial charge in [-0.05, 0) is 12.8 Å². The van der Waals surface area contributed by atoms with Gasteiger partial charge in [-0.3, -0.25) is 10.0 Å². The summed E-state index contributed by atoms with van der Waals surface area (Å²) in [7, 11) is 0. The highest BCUT2D eigenvalue weighted by atomic mass is 16.5. The highest BCUT2D eigenvalue weighted by Gasteiger charge is 2.82. The van der Waals surface area contributed by atoms with Crippen LogP contribution in [0.4, 0.5) is 0 Å². The topological polar surface area (TPSA) is 91.2 Å². The van der Waals surface area contributed by atoms with E-state index in [-0.39, 0.29) is 11.3 Å². The van der Waals surface area contributed by atoms with Crippen molar-refractivity contribution in [1.29, 1.82) is 0 Å². The summed E-state index contributed by atoms with van der Waals surface area (Å²) in [6, 6.07) is 0. The van der Waals surface area contributed by atoms with E-state index in [1.807, 2.05) is 6.92 Å². The zero-order chi connectivity index (χ0) is 12.5. The van der Waals surface area contributed by atoms with E-state index >= 15 is 0 Å². The van der Waals surface area contributed by atoms with Gasteiger partial charge in [0.1, 0.15) is 5.71 Å². The molecule has 6 heteroatoms. The summed E-state index contributed by atoms with van der Waals surface area (Å²) in [5.74, 6) is -0.567. The maximum atomic E-state index is 12.0. The first-order valence-corrected chi connectivity index (χ1v) is 5.79. The summed E-state index contributed by atoms with van der Waals surface area (Å²) in [6.07, 6.45) is 1.73. The van der Waals surface area contributed by atoms with E-state index in [0.29, 0.717) is 12.3 Å². The fraction of sp³-hybridized carbons (Fsp3) is 0.818. The molecule has 4 bridgehead atoms. The Hall–Kier alpha value is -1.14. The molecule has 1 aliphatic heterocycles. The minimum absolute atomic E-state index is 0.0588. The Morgan fingerprint density at radius 3 is 2.88 bits per heavy atom. The second-order valence-corrected chi connectivity index (χ2v) is 5.74. The average molecular weight is 240 g/mol. The van der Waals surface area contributed by atoms with Crippen molar-refractivity contribution in [1.82, 2.24) is 5.48 Å². The van der Waals surface area contributed by atoms with E-state index in [0.717, 1.165) is 12.8 Å². The maximum absolute atomic E-state index is 12.0. The molecule has 0 aromatic rings. The van der Waals surface area contributed by atoms with Gasteiger partial charge in [-0.15, -0.1) is 0 Å². The number of amides is 1. The molecule has 4 unspecified atom stereocenters. The standard InChI is InChI=1S/C11H16N2O4/c1-9-5-17-11(8(14)13-16)7(12-15)6(9)3-4-10(9,11)2/h6,15-16H,3-5H2,1-2H3,(H,13,14)/b12-7-. The van der Waals surface area contributed by atoms with Crippen molar-refractivity contribution in [3.05, 3.63) is 0 Å². The van der Waals surface area contributed by atoms with Crippen molar-refractivity contribution in [3.63, 3.8) is 0 Å². The smallest absolute Gasteiger partial charge is 0.282 e. The quantitative estimate of drug-likeness (QED) is 0.354. The van der Waals surface area contributed by atoms with Gasteiger partial charge in [-0.1, -0.05) is 19.0 Å². The minimum Gasteiger partial charge on any atom is -0.411 e. The monoisotopic (exact) mass is 240 g/mol. The van der Waals surface area contributed by atoms with Gasteiger partial charge in [-0.25, -0.2) is 5.48 Å². The fourth-order valence-corrected chi connectivity index (χ4v) is 4.37. The summed E-state index contributed by atoms with van der Waals surface area (Å²) < 4.78 is 5.67. The summed E-state index contributed by atoms with van der Waals surface area (Å²) in [6.45, 7) is 4.50. The van der Waals surface area contributed by atoms with Crippen molar-refractivity contribution in [2.24, 2.45) is 21.9 Å². The molecule has 4 atom stereocenters. The lowest BCUT2D eigenvalue weighted by Crippen LogP contribution is -2.60. The van der Waals surface area contributed by atoms with Crippen LogP contribution in [-0.2, 0) is 9.53 Å². The third-order valence-corrected chi connectivity index (χ3v) is 5.55. The molecule has 1 amide bonds. The van der Waals surface area contributed by atoms with Gasteiger partial charge < -0.3 is 9.94 Å². The summed E-state index contributed by atoms with van der Waals surface area (Å²) in [4.78, 5) is 12.0. The molecule has 3 fully saturated rings. The van der Waals surface area contributed by atoms with Crippen LogP contribution in [-0.4, -0.2) is 34.2 Å². The molecule has 2 saturated carbocycles. The van der Waals surface area contributed by atoms with Crippen LogP contribution in [0.5, 0.6) is 0 Å². The van der Waals surface area contributed by atoms with Crippen molar-refractivity contribution < 1.29 is 19.9 Å². The molecule has 3 N–H and O–H groups in total. The highest BCUT2D eigenvalue weighted by Crippen LogP contribution is 2.73. The zero-order valence-corrected chi connectivity index (χ0v) is 9.86. The number of oxime groups is 1. The van der Waals surface area contributed by atoms with Crippen LogP contribution >= 0.6 is 0 Å². The molecular weight excluding hydrogens is 224 g/mol. The number of rotatable bonds is 1. The van der Waals surface area contributed by atoms with Crippen molar-refractivity contribution in [2.75, 3.05) is 6.61 Å². The third-order valence-electron chi connectivity index (χ3n) is 5.55. The van der Waals surface area contributed by atoms with Crippen LogP contribution in [0, 0.1) is 16.7 Å². The molecule has 6 nitrogen and oxygen atoms in total. The van der Waals surface area contributed by atoms with Crippen LogP contribution in [0.3, 0.4) is 0 Å². The van der Waals surface area contributed by atoms with Crippen molar-refractivity contribution >= 4 is 11.6 Å². The molecule has 94 valence electrons. The average Bonchev–Trinajstić information content (AvgIpc) is 2.78. The second-order valence-electron chi connectivity index (χ2n) is 5.74. The molecule has 1 heterocycles. The first-order chi connectivity index (χ1) is 7.98. The van der Waals surface area contributed by atoms with E-state index in [2.05, 4.69) is 12.1 Å². The number of hydroxylamine groups is 1. The first kappa shape index (κ1) is 11.0. The van der Waals surface area contributed by atoms with Gasteiger partial charge in [0.05, 0.1) is 6.61 Å². The van der Waals surface area contributed by atoms with E-state index in [4.69, 9.17) is 9.94 Å². The zero-order valence-electron chi connectivity index (χ0n) is 9.86.